The van der Waals surface area contributed by atoms with Crippen LogP contribution in [0.5, 0.6) is 0 Å². The Kier molecular flexibility index (Phi) is 5.82. The molecule has 3 aromatic rings. The van der Waals surface area contributed by atoms with Gasteiger partial charge in [-0.25, -0.2) is 13.8 Å². The molecule has 2 N–H and O–H groups in total. The van der Waals surface area contributed by atoms with Crippen LogP contribution in [-0.2, 0) is 17.3 Å². The summed E-state index contributed by atoms with van der Waals surface area (Å²) in [4.78, 5) is 16.7. The molecular formula is C20H20ClF2N5O3S. The van der Waals surface area contributed by atoms with E-state index in [1.54, 1.807) is 26.1 Å². The molecule has 0 radical (unpaired) electrons. The second kappa shape index (κ2) is 8.30. The van der Waals surface area contributed by atoms with Crippen molar-refractivity contribution < 1.29 is 17.2 Å². The zero-order valence-corrected chi connectivity index (χ0v) is 18.8. The highest BCUT2D eigenvalue weighted by Gasteiger charge is 2.32. The third-order valence-electron chi connectivity index (χ3n) is 5.33. The van der Waals surface area contributed by atoms with Crippen molar-refractivity contribution in [3.8, 4) is 0 Å². The Morgan fingerprint density at radius 1 is 1.22 bits per heavy atom. The minimum Gasteiger partial charge on any atom is -0.353 e. The van der Waals surface area contributed by atoms with Crippen LogP contribution in [0.15, 0.2) is 35.4 Å². The smallest absolute Gasteiger partial charge is 0.301 e. The summed E-state index contributed by atoms with van der Waals surface area (Å²) in [6.07, 6.45) is 0.241. The molecule has 0 spiro atoms. The lowest BCUT2D eigenvalue weighted by Crippen LogP contribution is -2.34. The van der Waals surface area contributed by atoms with E-state index in [0.29, 0.717) is 22.2 Å². The van der Waals surface area contributed by atoms with Crippen LogP contribution >= 0.6 is 11.6 Å². The number of aromatic nitrogens is 2. The first kappa shape index (κ1) is 22.4. The van der Waals surface area contributed by atoms with E-state index < -0.39 is 22.2 Å². The summed E-state index contributed by atoms with van der Waals surface area (Å²) in [6.45, 7) is 1.41. The number of nitrogens with one attached hydrogen (secondary N) is 2. The number of benzene rings is 2. The van der Waals surface area contributed by atoms with Crippen LogP contribution in [0.2, 0.25) is 5.02 Å². The maximum Gasteiger partial charge on any atom is 0.301 e. The Hall–Kier alpha value is -2.76. The summed E-state index contributed by atoms with van der Waals surface area (Å²) in [5.74, 6) is -0.896. The molecule has 0 aliphatic carbocycles. The Bertz CT molecular complexity index is 1380. The number of hydrogen-bond donors (Lipinski definition) is 2. The van der Waals surface area contributed by atoms with Crippen molar-refractivity contribution in [1.82, 2.24) is 13.9 Å². The third-order valence-corrected chi connectivity index (χ3v) is 7.03. The van der Waals surface area contributed by atoms with Gasteiger partial charge in [0.2, 0.25) is 0 Å². The summed E-state index contributed by atoms with van der Waals surface area (Å²) in [5.41, 5.74) is 0.739. The summed E-state index contributed by atoms with van der Waals surface area (Å²) in [5, 5.41) is 3.33. The van der Waals surface area contributed by atoms with Crippen molar-refractivity contribution in [2.45, 2.75) is 19.5 Å². The molecule has 2 heterocycles. The molecule has 1 unspecified atom stereocenters. The fourth-order valence-corrected chi connectivity index (χ4v) is 5.07. The van der Waals surface area contributed by atoms with Crippen molar-refractivity contribution in [2.75, 3.05) is 23.1 Å². The van der Waals surface area contributed by atoms with Crippen molar-refractivity contribution in [3.63, 3.8) is 0 Å². The minimum atomic E-state index is -4.16. The minimum absolute atomic E-state index is 0.00304. The van der Waals surface area contributed by atoms with Gasteiger partial charge >= 0.3 is 10.2 Å². The maximum atomic E-state index is 15.2. The first-order valence-corrected chi connectivity index (χ1v) is 11.5. The highest BCUT2D eigenvalue weighted by Crippen LogP contribution is 2.33. The zero-order valence-electron chi connectivity index (χ0n) is 17.2. The quantitative estimate of drug-likeness (QED) is 0.579. The van der Waals surface area contributed by atoms with Crippen LogP contribution in [0.4, 0.5) is 25.8 Å². The molecule has 1 aliphatic heterocycles. The highest BCUT2D eigenvalue weighted by molar-refractivity contribution is 7.90. The first-order valence-electron chi connectivity index (χ1n) is 9.70. The number of fused-ring (bicyclic) bond motifs is 1. The molecule has 0 bridgehead atoms. The predicted octanol–water partition coefficient (Wildman–Crippen LogP) is 3.48. The standard InChI is InChI=1S/C20H20ClF2N5O3S/c1-11-14(3-4-15-18(11)20(29)27(2)10-24-15)25-16-7-12(21)8-17(19(16)23)26-32(30,31)28-6-5-13(22)9-28/h3-4,7-8,10,13,25-26H,5-6,9H2,1-2H3. The molecule has 1 aliphatic rings. The largest absolute Gasteiger partial charge is 0.353 e. The lowest BCUT2D eigenvalue weighted by atomic mass is 10.1. The van der Waals surface area contributed by atoms with Gasteiger partial charge in [-0.05, 0) is 43.2 Å². The lowest BCUT2D eigenvalue weighted by molar-refractivity contribution is 0.343. The molecule has 32 heavy (non-hydrogen) atoms. The van der Waals surface area contributed by atoms with E-state index in [9.17, 15) is 17.6 Å². The number of rotatable bonds is 5. The number of nitrogens with zero attached hydrogens (tertiary/aromatic N) is 3. The molecule has 170 valence electrons. The Balaban J connectivity index is 1.70. The van der Waals surface area contributed by atoms with Crippen LogP contribution in [-0.4, -0.2) is 41.5 Å². The molecule has 1 fully saturated rings. The summed E-state index contributed by atoms with van der Waals surface area (Å²) >= 11 is 6.10. The lowest BCUT2D eigenvalue weighted by Gasteiger charge is -2.19. The van der Waals surface area contributed by atoms with E-state index in [-0.39, 0.29) is 41.5 Å². The maximum absolute atomic E-state index is 15.2. The van der Waals surface area contributed by atoms with Crippen molar-refractivity contribution in [1.29, 1.82) is 0 Å². The molecule has 1 saturated heterocycles. The zero-order chi connectivity index (χ0) is 23.2. The normalized spacial score (nSPS) is 17.1. The van der Waals surface area contributed by atoms with Crippen molar-refractivity contribution in [3.05, 3.63) is 57.3 Å². The van der Waals surface area contributed by atoms with E-state index in [0.717, 1.165) is 10.4 Å². The summed E-state index contributed by atoms with van der Waals surface area (Å²) in [7, 11) is -2.58. The Labute approximate surface area is 188 Å². The fourth-order valence-electron chi connectivity index (χ4n) is 3.60. The van der Waals surface area contributed by atoms with Gasteiger partial charge in [-0.3, -0.25) is 9.52 Å². The molecule has 8 nitrogen and oxygen atoms in total. The van der Waals surface area contributed by atoms with Gasteiger partial charge in [0.1, 0.15) is 6.17 Å². The SMILES string of the molecule is Cc1c(Nc2cc(Cl)cc(NS(=O)(=O)N3CCC(F)C3)c2F)ccc2ncn(C)c(=O)c12. The Morgan fingerprint density at radius 3 is 2.62 bits per heavy atom. The number of anilines is 3. The molecule has 1 atom stereocenters. The number of hydrogen-bond acceptors (Lipinski definition) is 5. The molecular weight excluding hydrogens is 464 g/mol. The van der Waals surface area contributed by atoms with Gasteiger partial charge < -0.3 is 9.88 Å². The molecule has 0 amide bonds. The second-order valence-electron chi connectivity index (χ2n) is 7.58. The van der Waals surface area contributed by atoms with E-state index in [1.165, 1.54) is 17.0 Å². The van der Waals surface area contributed by atoms with E-state index in [4.69, 9.17) is 11.6 Å². The second-order valence-corrected chi connectivity index (χ2v) is 9.69. The van der Waals surface area contributed by atoms with Crippen LogP contribution < -0.4 is 15.6 Å². The number of halogens is 3. The first-order chi connectivity index (χ1) is 15.1. The monoisotopic (exact) mass is 483 g/mol. The Morgan fingerprint density at radius 2 is 1.94 bits per heavy atom. The fraction of sp³-hybridized carbons (Fsp3) is 0.300. The number of alkyl halides is 1. The number of aryl methyl sites for hydroxylation is 2. The van der Waals surface area contributed by atoms with Gasteiger partial charge in [0.25, 0.3) is 5.56 Å². The third kappa shape index (κ3) is 4.15. The van der Waals surface area contributed by atoms with Crippen LogP contribution in [0.25, 0.3) is 10.9 Å². The van der Waals surface area contributed by atoms with Crippen molar-refractivity contribution >= 4 is 49.8 Å². The highest BCUT2D eigenvalue weighted by atomic mass is 35.5. The average molecular weight is 484 g/mol. The van der Waals surface area contributed by atoms with E-state index in [2.05, 4.69) is 15.0 Å². The van der Waals surface area contributed by atoms with Gasteiger partial charge in [-0.15, -0.1) is 0 Å². The van der Waals surface area contributed by atoms with Crippen LogP contribution in [0, 0.1) is 12.7 Å². The molecule has 4 rings (SSSR count). The van der Waals surface area contributed by atoms with Gasteiger partial charge in [-0.1, -0.05) is 11.6 Å². The van der Waals surface area contributed by atoms with Crippen LogP contribution in [0.3, 0.4) is 0 Å². The molecule has 2 aromatic carbocycles. The van der Waals surface area contributed by atoms with Gasteiger partial charge in [0, 0.05) is 30.8 Å². The molecule has 0 saturated carbocycles. The summed E-state index contributed by atoms with van der Waals surface area (Å²) < 4.78 is 58.1. The van der Waals surface area contributed by atoms with E-state index in [1.807, 2.05) is 0 Å². The van der Waals surface area contributed by atoms with Gasteiger partial charge in [0.05, 0.1) is 28.6 Å². The molecule has 12 heteroatoms. The summed E-state index contributed by atoms with van der Waals surface area (Å²) in [6, 6.07) is 5.70. The van der Waals surface area contributed by atoms with Gasteiger partial charge in [-0.2, -0.15) is 12.7 Å². The van der Waals surface area contributed by atoms with Crippen molar-refractivity contribution in [2.24, 2.45) is 7.05 Å². The average Bonchev–Trinajstić information content (AvgIpc) is 3.17. The molecule has 1 aromatic heterocycles. The van der Waals surface area contributed by atoms with Crippen LogP contribution in [0.1, 0.15) is 12.0 Å². The van der Waals surface area contributed by atoms with E-state index >= 15 is 4.39 Å². The van der Waals surface area contributed by atoms with Gasteiger partial charge in [0.15, 0.2) is 5.82 Å². The topological polar surface area (TPSA) is 96.3 Å². The predicted molar refractivity (Wildman–Crippen MR) is 120 cm³/mol.